The number of benzene rings is 2. The number of anilines is 1. The van der Waals surface area contributed by atoms with Crippen molar-refractivity contribution in [2.75, 3.05) is 38.3 Å². The second kappa shape index (κ2) is 12.3. The molecular formula is C24H30N4O5. The first-order valence-corrected chi connectivity index (χ1v) is 10.4. The summed E-state index contributed by atoms with van der Waals surface area (Å²) in [4.78, 5) is 25.9. The molecule has 9 nitrogen and oxygen atoms in total. The van der Waals surface area contributed by atoms with Crippen LogP contribution in [-0.4, -0.2) is 56.2 Å². The molecule has 0 aromatic heterocycles. The topological polar surface area (TPSA) is 138 Å². The molecule has 1 amide bonds. The predicted octanol–water partition coefficient (Wildman–Crippen LogP) is 2.27. The van der Waals surface area contributed by atoms with E-state index in [-0.39, 0.29) is 24.1 Å². The molecule has 0 bridgehead atoms. The highest BCUT2D eigenvalue weighted by atomic mass is 16.5. The van der Waals surface area contributed by atoms with Crippen LogP contribution in [0.5, 0.6) is 11.5 Å². The number of amidine groups is 1. The van der Waals surface area contributed by atoms with Gasteiger partial charge < -0.3 is 30.5 Å². The molecule has 176 valence electrons. The zero-order chi connectivity index (χ0) is 24.4. The number of aromatic hydroxyl groups is 1. The number of hydrogen-bond donors (Lipinski definition) is 4. The van der Waals surface area contributed by atoms with E-state index in [1.807, 2.05) is 17.9 Å². The van der Waals surface area contributed by atoms with E-state index >= 15 is 0 Å². The fourth-order valence-corrected chi connectivity index (χ4v) is 3.02. The highest BCUT2D eigenvalue weighted by Crippen LogP contribution is 2.27. The van der Waals surface area contributed by atoms with Gasteiger partial charge in [-0.05, 0) is 56.3 Å². The molecule has 2 aromatic rings. The van der Waals surface area contributed by atoms with Gasteiger partial charge in [-0.3, -0.25) is 10.2 Å². The molecule has 0 spiro atoms. The fraction of sp³-hybridized carbons (Fsp3) is 0.292. The minimum Gasteiger partial charge on any atom is -0.507 e. The van der Waals surface area contributed by atoms with Gasteiger partial charge in [0.2, 0.25) is 5.91 Å². The summed E-state index contributed by atoms with van der Waals surface area (Å²) in [6.07, 6.45) is 1.55. The lowest BCUT2D eigenvalue weighted by Crippen LogP contribution is -2.36. The Morgan fingerprint density at radius 3 is 2.48 bits per heavy atom. The van der Waals surface area contributed by atoms with Gasteiger partial charge in [-0.1, -0.05) is 0 Å². The van der Waals surface area contributed by atoms with Crippen molar-refractivity contribution in [1.29, 1.82) is 5.41 Å². The lowest BCUT2D eigenvalue weighted by Gasteiger charge is -2.23. The van der Waals surface area contributed by atoms with Crippen LogP contribution in [0.4, 0.5) is 5.69 Å². The van der Waals surface area contributed by atoms with Crippen molar-refractivity contribution in [2.24, 2.45) is 5.73 Å². The Kier molecular flexibility index (Phi) is 9.44. The van der Waals surface area contributed by atoms with Gasteiger partial charge in [0.05, 0.1) is 0 Å². The highest BCUT2D eigenvalue weighted by Gasteiger charge is 2.12. The number of nitrogen functional groups attached to an aromatic ring is 1. The van der Waals surface area contributed by atoms with Crippen LogP contribution in [-0.2, 0) is 14.3 Å². The predicted molar refractivity (Wildman–Crippen MR) is 128 cm³/mol. The van der Waals surface area contributed by atoms with Gasteiger partial charge in [-0.2, -0.15) is 0 Å². The summed E-state index contributed by atoms with van der Waals surface area (Å²) in [5, 5.41) is 20.6. The summed E-state index contributed by atoms with van der Waals surface area (Å²) in [6, 6.07) is 11.5. The SMILES string of the molecule is CCN(CCNC(=O)COC)c1ccc(/C=C(\C)C(=O)Oc2ccc(C(=N)N)cc2)c(O)c1. The lowest BCUT2D eigenvalue weighted by molar-refractivity contribution is -0.130. The Labute approximate surface area is 193 Å². The van der Waals surface area contributed by atoms with Crippen molar-refractivity contribution < 1.29 is 24.2 Å². The van der Waals surface area contributed by atoms with Crippen molar-refractivity contribution in [3.05, 3.63) is 59.2 Å². The van der Waals surface area contributed by atoms with Crippen molar-refractivity contribution >= 4 is 29.5 Å². The minimum absolute atomic E-state index is 0.0133. The normalized spacial score (nSPS) is 11.1. The molecule has 0 saturated heterocycles. The number of carbonyl (C=O) groups is 2. The van der Waals surface area contributed by atoms with Crippen LogP contribution in [0.1, 0.15) is 25.0 Å². The number of phenols is 1. The third-order valence-electron chi connectivity index (χ3n) is 4.81. The van der Waals surface area contributed by atoms with Gasteiger partial charge in [-0.15, -0.1) is 0 Å². The second-order valence-electron chi connectivity index (χ2n) is 7.26. The first kappa shape index (κ1) is 25.4. The molecule has 0 unspecified atom stereocenters. The minimum atomic E-state index is -0.559. The summed E-state index contributed by atoms with van der Waals surface area (Å²) < 4.78 is 10.1. The number of amides is 1. The summed E-state index contributed by atoms with van der Waals surface area (Å²) in [5.74, 6) is -0.466. The molecule has 0 saturated carbocycles. The summed E-state index contributed by atoms with van der Waals surface area (Å²) in [5.41, 5.74) is 7.52. The van der Waals surface area contributed by atoms with Crippen LogP contribution < -0.4 is 20.7 Å². The van der Waals surface area contributed by atoms with Gasteiger partial charge in [0, 0.05) is 55.2 Å². The maximum absolute atomic E-state index is 12.4. The molecule has 0 aliphatic heterocycles. The molecule has 5 N–H and O–H groups in total. The van der Waals surface area contributed by atoms with Crippen LogP contribution in [0.15, 0.2) is 48.0 Å². The summed E-state index contributed by atoms with van der Waals surface area (Å²) in [7, 11) is 1.46. The van der Waals surface area contributed by atoms with Crippen LogP contribution in [0.25, 0.3) is 6.08 Å². The number of likely N-dealkylation sites (N-methyl/N-ethyl adjacent to an activating group) is 1. The molecule has 0 heterocycles. The van der Waals surface area contributed by atoms with Crippen LogP contribution >= 0.6 is 0 Å². The average molecular weight is 455 g/mol. The third kappa shape index (κ3) is 7.65. The van der Waals surface area contributed by atoms with Crippen molar-refractivity contribution in [3.8, 4) is 11.5 Å². The van der Waals surface area contributed by atoms with Gasteiger partial charge in [0.25, 0.3) is 0 Å². The number of methoxy groups -OCH3 is 1. The molecule has 2 rings (SSSR count). The van der Waals surface area contributed by atoms with Crippen LogP contribution in [0.2, 0.25) is 0 Å². The van der Waals surface area contributed by atoms with E-state index in [0.717, 1.165) is 5.69 Å². The summed E-state index contributed by atoms with van der Waals surface area (Å²) in [6.45, 7) is 5.28. The number of nitrogens with two attached hydrogens (primary N) is 1. The molecule has 0 atom stereocenters. The monoisotopic (exact) mass is 454 g/mol. The molecular weight excluding hydrogens is 424 g/mol. The second-order valence-corrected chi connectivity index (χ2v) is 7.26. The molecule has 0 radical (unpaired) electrons. The van der Waals surface area contributed by atoms with E-state index in [4.69, 9.17) is 20.6 Å². The van der Waals surface area contributed by atoms with Gasteiger partial charge in [0.1, 0.15) is 23.9 Å². The van der Waals surface area contributed by atoms with Crippen molar-refractivity contribution in [2.45, 2.75) is 13.8 Å². The largest absolute Gasteiger partial charge is 0.507 e. The fourth-order valence-electron chi connectivity index (χ4n) is 3.02. The van der Waals surface area contributed by atoms with Crippen molar-refractivity contribution in [3.63, 3.8) is 0 Å². The number of hydrogen-bond acceptors (Lipinski definition) is 7. The number of rotatable bonds is 11. The number of carbonyl (C=O) groups excluding carboxylic acids is 2. The van der Waals surface area contributed by atoms with Gasteiger partial charge in [-0.25, -0.2) is 4.79 Å². The van der Waals surface area contributed by atoms with E-state index in [1.165, 1.54) is 7.11 Å². The standard InChI is InChI=1S/C24H30N4O5/c1-4-28(12-11-27-22(30)15-32-3)19-8-5-18(21(29)14-19)13-16(2)24(31)33-20-9-6-17(7-10-20)23(25)26/h5-10,13-14,29H,4,11-12,15H2,1-3H3,(H3,25,26)(H,27,30)/b16-13+. The maximum Gasteiger partial charge on any atom is 0.339 e. The van der Waals surface area contributed by atoms with E-state index < -0.39 is 5.97 Å². The van der Waals surface area contributed by atoms with E-state index in [2.05, 4.69) is 5.32 Å². The quantitative estimate of drug-likeness (QED) is 0.134. The number of nitrogens with zero attached hydrogens (tertiary/aromatic N) is 1. The molecule has 0 fully saturated rings. The molecule has 9 heteroatoms. The van der Waals surface area contributed by atoms with Gasteiger partial charge in [0.15, 0.2) is 0 Å². The van der Waals surface area contributed by atoms with E-state index in [1.54, 1.807) is 49.4 Å². The molecule has 0 aliphatic rings. The maximum atomic E-state index is 12.4. The first-order valence-electron chi connectivity index (χ1n) is 10.4. The number of esters is 1. The van der Waals surface area contributed by atoms with Crippen LogP contribution in [0, 0.1) is 5.41 Å². The zero-order valence-corrected chi connectivity index (χ0v) is 19.1. The smallest absolute Gasteiger partial charge is 0.339 e. The average Bonchev–Trinajstić information content (AvgIpc) is 2.78. The van der Waals surface area contributed by atoms with E-state index in [9.17, 15) is 14.7 Å². The first-order chi connectivity index (χ1) is 15.7. The third-order valence-corrected chi connectivity index (χ3v) is 4.81. The molecule has 0 aliphatic carbocycles. The number of nitrogens with one attached hydrogen (secondary N) is 2. The molecule has 2 aromatic carbocycles. The molecule has 33 heavy (non-hydrogen) atoms. The highest BCUT2D eigenvalue weighted by molar-refractivity contribution is 5.96. The zero-order valence-electron chi connectivity index (χ0n) is 19.1. The Balaban J connectivity index is 2.03. The van der Waals surface area contributed by atoms with Crippen LogP contribution in [0.3, 0.4) is 0 Å². The Hall–Kier alpha value is -3.85. The number of ether oxygens (including phenoxy) is 2. The Bertz CT molecular complexity index is 1020. The summed E-state index contributed by atoms with van der Waals surface area (Å²) >= 11 is 0. The van der Waals surface area contributed by atoms with Crippen molar-refractivity contribution in [1.82, 2.24) is 5.32 Å². The number of phenolic OH excluding ortho intramolecular Hbond substituents is 1. The van der Waals surface area contributed by atoms with Gasteiger partial charge >= 0.3 is 5.97 Å². The van der Waals surface area contributed by atoms with E-state index in [0.29, 0.717) is 42.1 Å². The lowest BCUT2D eigenvalue weighted by atomic mass is 10.1. The Morgan fingerprint density at radius 2 is 1.91 bits per heavy atom. The Morgan fingerprint density at radius 1 is 1.21 bits per heavy atom.